The van der Waals surface area contributed by atoms with Crippen LogP contribution < -0.4 is 0 Å². The van der Waals surface area contributed by atoms with Crippen LogP contribution in [0.3, 0.4) is 0 Å². The minimum atomic E-state index is -0.0105. The smallest absolute Gasteiger partial charge is 0.0703 e. The van der Waals surface area contributed by atoms with Crippen molar-refractivity contribution in [1.29, 1.82) is 5.26 Å². The zero-order valence-corrected chi connectivity index (χ0v) is 12.9. The average Bonchev–Trinajstić information content (AvgIpc) is 2.86. The van der Waals surface area contributed by atoms with E-state index < -0.39 is 0 Å². The summed E-state index contributed by atoms with van der Waals surface area (Å²) in [5, 5.41) is 9.64. The quantitative estimate of drug-likeness (QED) is 0.781. The lowest BCUT2D eigenvalue weighted by molar-refractivity contribution is -0.0637. The monoisotopic (exact) mass is 272 g/mol. The van der Waals surface area contributed by atoms with Crippen LogP contribution in [0.1, 0.15) is 57.8 Å². The average molecular weight is 272 g/mol. The van der Waals surface area contributed by atoms with Gasteiger partial charge < -0.3 is 4.90 Å². The highest BCUT2D eigenvalue weighted by Gasteiger charge is 2.50. The molecule has 0 spiro atoms. The zero-order valence-electron chi connectivity index (χ0n) is 12.9. The normalized spacial score (nSPS) is 45.0. The maximum atomic E-state index is 9.64. The molecule has 0 saturated heterocycles. The van der Waals surface area contributed by atoms with Crippen LogP contribution >= 0.6 is 0 Å². The summed E-state index contributed by atoms with van der Waals surface area (Å²) >= 11 is 0. The Morgan fingerprint density at radius 1 is 1.00 bits per heavy atom. The third kappa shape index (κ3) is 2.01. The molecule has 0 radical (unpaired) electrons. The summed E-state index contributed by atoms with van der Waals surface area (Å²) in [4.78, 5) is 2.63. The third-order valence-corrected chi connectivity index (χ3v) is 7.04. The van der Waals surface area contributed by atoms with E-state index in [9.17, 15) is 5.26 Å². The summed E-state index contributed by atoms with van der Waals surface area (Å²) in [6, 6.07) is 3.49. The van der Waals surface area contributed by atoms with Crippen molar-refractivity contribution in [3.63, 3.8) is 0 Å². The van der Waals surface area contributed by atoms with Gasteiger partial charge in [0.1, 0.15) is 0 Å². The summed E-state index contributed by atoms with van der Waals surface area (Å²) in [6.07, 6.45) is 12.3. The molecular formula is C18H28N2. The molecule has 0 aliphatic heterocycles. The van der Waals surface area contributed by atoms with Crippen LogP contribution in [0.2, 0.25) is 0 Å². The van der Waals surface area contributed by atoms with Gasteiger partial charge in [0.05, 0.1) is 11.5 Å². The molecule has 4 bridgehead atoms. The second-order valence-electron chi connectivity index (χ2n) is 8.44. The van der Waals surface area contributed by atoms with E-state index in [1.165, 1.54) is 44.9 Å². The third-order valence-electron chi connectivity index (χ3n) is 7.04. The van der Waals surface area contributed by atoms with Crippen LogP contribution in [-0.2, 0) is 0 Å². The highest BCUT2D eigenvalue weighted by atomic mass is 15.2. The molecule has 0 heterocycles. The van der Waals surface area contributed by atoms with Crippen molar-refractivity contribution in [3.8, 4) is 6.07 Å². The van der Waals surface area contributed by atoms with Crippen molar-refractivity contribution < 1.29 is 0 Å². The van der Waals surface area contributed by atoms with Gasteiger partial charge in [-0.05, 0) is 75.7 Å². The number of hydrogen-bond acceptors (Lipinski definition) is 2. The fraction of sp³-hybridized carbons (Fsp3) is 0.944. The van der Waals surface area contributed by atoms with Crippen molar-refractivity contribution in [3.05, 3.63) is 0 Å². The zero-order chi connectivity index (χ0) is 13.7. The highest BCUT2D eigenvalue weighted by molar-refractivity contribution is 5.07. The Labute approximate surface area is 123 Å². The van der Waals surface area contributed by atoms with Crippen molar-refractivity contribution in [2.24, 2.45) is 29.1 Å². The predicted molar refractivity (Wildman–Crippen MR) is 80.0 cm³/mol. The Morgan fingerprint density at radius 3 is 2.05 bits per heavy atom. The molecule has 0 unspecified atom stereocenters. The highest BCUT2D eigenvalue weighted by Crippen LogP contribution is 2.55. The Morgan fingerprint density at radius 2 is 1.55 bits per heavy atom. The molecule has 5 saturated carbocycles. The van der Waals surface area contributed by atoms with Crippen molar-refractivity contribution in [1.82, 2.24) is 4.90 Å². The van der Waals surface area contributed by atoms with Gasteiger partial charge in [-0.1, -0.05) is 12.8 Å². The van der Waals surface area contributed by atoms with Gasteiger partial charge in [0.15, 0.2) is 0 Å². The predicted octanol–water partition coefficient (Wildman–Crippen LogP) is 3.83. The molecule has 5 aliphatic carbocycles. The van der Waals surface area contributed by atoms with Crippen LogP contribution in [0, 0.1) is 40.4 Å². The summed E-state index contributed by atoms with van der Waals surface area (Å²) in [6.45, 7) is 1.04. The Hall–Kier alpha value is -0.550. The first-order valence-corrected chi connectivity index (χ1v) is 8.81. The Kier molecular flexibility index (Phi) is 3.11. The second kappa shape index (κ2) is 4.73. The molecule has 5 rings (SSSR count). The van der Waals surface area contributed by atoms with Gasteiger partial charge in [-0.2, -0.15) is 5.26 Å². The van der Waals surface area contributed by atoms with Gasteiger partial charge in [-0.25, -0.2) is 0 Å². The number of nitriles is 1. The lowest BCUT2D eigenvalue weighted by atomic mass is 9.54. The van der Waals surface area contributed by atoms with Crippen molar-refractivity contribution in [2.75, 3.05) is 13.6 Å². The van der Waals surface area contributed by atoms with Crippen LogP contribution in [0.4, 0.5) is 0 Å². The Bertz CT molecular complexity index is 388. The summed E-state index contributed by atoms with van der Waals surface area (Å²) in [5.41, 5.74) is -0.0105. The standard InChI is InChI=1S/C18H28N2/c1-20(12-18(11-19)4-2-3-5-18)17-15-7-13-6-14(9-15)10-16(17)8-13/h13-17H,2-10,12H2,1H3. The Balaban J connectivity index is 1.49. The summed E-state index contributed by atoms with van der Waals surface area (Å²) in [7, 11) is 2.32. The van der Waals surface area contributed by atoms with Gasteiger partial charge in [-0.15, -0.1) is 0 Å². The lowest BCUT2D eigenvalue weighted by Crippen LogP contribution is -2.56. The SMILES string of the molecule is CN(CC1(C#N)CCCC1)C1C2CC3CC(C2)CC1C3. The van der Waals surface area contributed by atoms with E-state index in [4.69, 9.17) is 0 Å². The first kappa shape index (κ1) is 13.1. The van der Waals surface area contributed by atoms with Gasteiger partial charge in [-0.3, -0.25) is 0 Å². The van der Waals surface area contributed by atoms with Crippen LogP contribution in [0.15, 0.2) is 0 Å². The topological polar surface area (TPSA) is 27.0 Å². The lowest BCUT2D eigenvalue weighted by Gasteiger charge is -2.57. The van der Waals surface area contributed by atoms with Crippen LogP contribution in [0.25, 0.3) is 0 Å². The van der Waals surface area contributed by atoms with Gasteiger partial charge in [0, 0.05) is 12.6 Å². The van der Waals surface area contributed by atoms with E-state index in [-0.39, 0.29) is 5.41 Å². The van der Waals surface area contributed by atoms with Crippen LogP contribution in [-0.4, -0.2) is 24.5 Å². The summed E-state index contributed by atoms with van der Waals surface area (Å²) in [5.74, 6) is 4.01. The van der Waals surface area contributed by atoms with Gasteiger partial charge in [0.2, 0.25) is 0 Å². The van der Waals surface area contributed by atoms with E-state index in [2.05, 4.69) is 18.0 Å². The second-order valence-corrected chi connectivity index (χ2v) is 8.44. The number of rotatable bonds is 3. The van der Waals surface area contributed by atoms with Gasteiger partial charge >= 0.3 is 0 Å². The molecule has 0 atom stereocenters. The largest absolute Gasteiger partial charge is 0.301 e. The first-order chi connectivity index (χ1) is 9.69. The molecule has 20 heavy (non-hydrogen) atoms. The van der Waals surface area contributed by atoms with E-state index in [0.717, 1.165) is 49.1 Å². The van der Waals surface area contributed by atoms with E-state index in [1.807, 2.05) is 0 Å². The van der Waals surface area contributed by atoms with Crippen molar-refractivity contribution >= 4 is 0 Å². The molecule has 110 valence electrons. The van der Waals surface area contributed by atoms with Gasteiger partial charge in [0.25, 0.3) is 0 Å². The maximum absolute atomic E-state index is 9.64. The molecular weight excluding hydrogens is 244 g/mol. The number of hydrogen-bond donors (Lipinski definition) is 0. The summed E-state index contributed by atoms with van der Waals surface area (Å²) < 4.78 is 0. The van der Waals surface area contributed by atoms with Crippen molar-refractivity contribution in [2.45, 2.75) is 63.8 Å². The molecule has 0 N–H and O–H groups in total. The maximum Gasteiger partial charge on any atom is 0.0703 e. The molecule has 0 aromatic heterocycles. The minimum Gasteiger partial charge on any atom is -0.301 e. The van der Waals surface area contributed by atoms with E-state index in [0.29, 0.717) is 0 Å². The minimum absolute atomic E-state index is 0.0105. The van der Waals surface area contributed by atoms with Crippen LogP contribution in [0.5, 0.6) is 0 Å². The molecule has 2 nitrogen and oxygen atoms in total. The number of nitrogens with zero attached hydrogens (tertiary/aromatic N) is 2. The molecule has 5 fully saturated rings. The molecule has 0 amide bonds. The fourth-order valence-electron chi connectivity index (χ4n) is 6.56. The first-order valence-electron chi connectivity index (χ1n) is 8.81. The fourth-order valence-corrected chi connectivity index (χ4v) is 6.56. The molecule has 0 aromatic rings. The molecule has 2 heteroatoms. The van der Waals surface area contributed by atoms with E-state index >= 15 is 0 Å². The molecule has 0 aromatic carbocycles. The molecule has 5 aliphatic rings. The van der Waals surface area contributed by atoms with E-state index in [1.54, 1.807) is 0 Å².